The molecule has 0 aromatic heterocycles. The van der Waals surface area contributed by atoms with E-state index in [0.717, 1.165) is 31.5 Å². The number of rotatable bonds is 7. The minimum atomic E-state index is -0.141. The molecule has 0 spiro atoms. The van der Waals surface area contributed by atoms with Crippen LogP contribution in [0.3, 0.4) is 0 Å². The molecule has 6 nitrogen and oxygen atoms in total. The summed E-state index contributed by atoms with van der Waals surface area (Å²) in [4.78, 5) is 30.0. The van der Waals surface area contributed by atoms with Gasteiger partial charge in [0.1, 0.15) is 6.04 Å². The summed E-state index contributed by atoms with van der Waals surface area (Å²) in [5.41, 5.74) is 3.58. The average Bonchev–Trinajstić information content (AvgIpc) is 3.18. The second-order valence-electron chi connectivity index (χ2n) is 9.12. The molecule has 0 radical (unpaired) electrons. The summed E-state index contributed by atoms with van der Waals surface area (Å²) < 4.78 is 0. The number of benzene rings is 2. The number of carbonyl (C=O) groups excluding carboxylic acids is 2. The molecule has 170 valence electrons. The number of fused-ring (bicyclic) bond motifs is 1. The number of aryl methyl sites for hydroxylation is 1. The zero-order chi connectivity index (χ0) is 22.5. The van der Waals surface area contributed by atoms with Crippen molar-refractivity contribution in [2.75, 3.05) is 20.1 Å². The maximum atomic E-state index is 13.0. The molecule has 4 rings (SSSR count). The van der Waals surface area contributed by atoms with Gasteiger partial charge >= 0.3 is 0 Å². The lowest BCUT2D eigenvalue weighted by atomic mass is 10.0. The number of nitrogens with zero attached hydrogens (tertiary/aromatic N) is 2. The van der Waals surface area contributed by atoms with Gasteiger partial charge in [0.25, 0.3) is 0 Å². The molecule has 2 aliphatic rings. The Bertz CT molecular complexity index is 915. The molecule has 2 saturated heterocycles. The molecule has 0 unspecified atom stereocenters. The number of hydrogen-bond acceptors (Lipinski definition) is 4. The SMILES string of the molecule is Cc1ccc(CN2CC[C@@H]3[C@H]2C(=O)NC[C@H](CCC(=O)NCc2ccccc2)N3C)cc1. The molecule has 0 bridgehead atoms. The lowest BCUT2D eigenvalue weighted by Crippen LogP contribution is -2.49. The largest absolute Gasteiger partial charge is 0.353 e. The topological polar surface area (TPSA) is 64.7 Å². The fraction of sp³-hybridized carbons (Fsp3) is 0.462. The molecule has 2 aliphatic heterocycles. The molecule has 2 heterocycles. The van der Waals surface area contributed by atoms with Gasteiger partial charge in [-0.2, -0.15) is 0 Å². The number of carbonyl (C=O) groups is 2. The highest BCUT2D eigenvalue weighted by molar-refractivity contribution is 5.83. The van der Waals surface area contributed by atoms with E-state index in [4.69, 9.17) is 0 Å². The summed E-state index contributed by atoms with van der Waals surface area (Å²) in [6, 6.07) is 18.7. The van der Waals surface area contributed by atoms with E-state index >= 15 is 0 Å². The third-order valence-corrected chi connectivity index (χ3v) is 6.89. The lowest BCUT2D eigenvalue weighted by Gasteiger charge is -2.33. The van der Waals surface area contributed by atoms with Crippen LogP contribution in [0.2, 0.25) is 0 Å². The minimum absolute atomic E-state index is 0.0572. The summed E-state index contributed by atoms with van der Waals surface area (Å²) >= 11 is 0. The maximum absolute atomic E-state index is 13.0. The van der Waals surface area contributed by atoms with Crippen LogP contribution in [0.4, 0.5) is 0 Å². The Hall–Kier alpha value is -2.70. The Kier molecular flexibility index (Phi) is 7.22. The Balaban J connectivity index is 1.32. The van der Waals surface area contributed by atoms with E-state index < -0.39 is 0 Å². The first-order chi connectivity index (χ1) is 15.5. The molecule has 32 heavy (non-hydrogen) atoms. The van der Waals surface area contributed by atoms with Gasteiger partial charge in [0, 0.05) is 44.7 Å². The number of hydrogen-bond donors (Lipinski definition) is 2. The van der Waals surface area contributed by atoms with Gasteiger partial charge in [-0.15, -0.1) is 0 Å². The molecule has 0 saturated carbocycles. The van der Waals surface area contributed by atoms with Gasteiger partial charge in [-0.3, -0.25) is 19.4 Å². The van der Waals surface area contributed by atoms with Gasteiger partial charge in [0.2, 0.25) is 11.8 Å². The molecular weight excluding hydrogens is 400 g/mol. The number of likely N-dealkylation sites (N-methyl/N-ethyl adjacent to an activating group) is 1. The smallest absolute Gasteiger partial charge is 0.239 e. The predicted octanol–water partition coefficient (Wildman–Crippen LogP) is 2.46. The van der Waals surface area contributed by atoms with Crippen molar-refractivity contribution < 1.29 is 9.59 Å². The van der Waals surface area contributed by atoms with Crippen molar-refractivity contribution in [1.82, 2.24) is 20.4 Å². The van der Waals surface area contributed by atoms with Crippen molar-refractivity contribution in [3.63, 3.8) is 0 Å². The highest BCUT2D eigenvalue weighted by Crippen LogP contribution is 2.28. The van der Waals surface area contributed by atoms with Crippen molar-refractivity contribution in [3.05, 3.63) is 71.3 Å². The molecule has 3 atom stereocenters. The Morgan fingerprint density at radius 1 is 1.09 bits per heavy atom. The summed E-state index contributed by atoms with van der Waals surface area (Å²) in [5, 5.41) is 6.16. The zero-order valence-electron chi connectivity index (χ0n) is 19.1. The Labute approximate surface area is 191 Å². The van der Waals surface area contributed by atoms with Gasteiger partial charge in [-0.25, -0.2) is 0 Å². The van der Waals surface area contributed by atoms with Crippen LogP contribution in [-0.4, -0.2) is 59.9 Å². The van der Waals surface area contributed by atoms with E-state index in [9.17, 15) is 9.59 Å². The average molecular weight is 435 g/mol. The normalized spacial score (nSPS) is 23.9. The van der Waals surface area contributed by atoms with Crippen molar-refractivity contribution in [1.29, 1.82) is 0 Å². The number of likely N-dealkylation sites (tertiary alicyclic amines) is 1. The van der Waals surface area contributed by atoms with E-state index in [2.05, 4.69) is 58.7 Å². The second kappa shape index (κ2) is 10.3. The van der Waals surface area contributed by atoms with Crippen LogP contribution < -0.4 is 10.6 Å². The van der Waals surface area contributed by atoms with Gasteiger partial charge < -0.3 is 10.6 Å². The van der Waals surface area contributed by atoms with Crippen LogP contribution in [0, 0.1) is 6.92 Å². The van der Waals surface area contributed by atoms with Gasteiger partial charge in [0.05, 0.1) is 0 Å². The van der Waals surface area contributed by atoms with Crippen LogP contribution in [0.25, 0.3) is 0 Å². The first kappa shape index (κ1) is 22.5. The standard InChI is InChI=1S/C26H34N4O2/c1-19-8-10-21(11-9-19)18-30-15-14-23-25(30)26(32)28-17-22(29(23)2)12-13-24(31)27-16-20-6-4-3-5-7-20/h3-11,22-23,25H,12-18H2,1-2H3,(H,27,31)(H,28,32)/t22-,23+,25-/m0/s1. The molecule has 2 aromatic rings. The highest BCUT2D eigenvalue weighted by atomic mass is 16.2. The van der Waals surface area contributed by atoms with Gasteiger partial charge in [-0.1, -0.05) is 60.2 Å². The Morgan fingerprint density at radius 2 is 1.84 bits per heavy atom. The van der Waals surface area contributed by atoms with Crippen molar-refractivity contribution >= 4 is 11.8 Å². The van der Waals surface area contributed by atoms with E-state index in [1.165, 1.54) is 11.1 Å². The van der Waals surface area contributed by atoms with Crippen molar-refractivity contribution in [3.8, 4) is 0 Å². The van der Waals surface area contributed by atoms with Gasteiger partial charge in [-0.05, 0) is 37.9 Å². The third kappa shape index (κ3) is 5.37. The van der Waals surface area contributed by atoms with E-state index in [1.807, 2.05) is 30.3 Å². The lowest BCUT2D eigenvalue weighted by molar-refractivity contribution is -0.126. The van der Waals surface area contributed by atoms with Crippen molar-refractivity contribution in [2.24, 2.45) is 0 Å². The summed E-state index contributed by atoms with van der Waals surface area (Å²) in [6.45, 7) is 4.92. The Morgan fingerprint density at radius 3 is 2.59 bits per heavy atom. The summed E-state index contributed by atoms with van der Waals surface area (Å²) in [7, 11) is 2.11. The molecule has 0 aliphatic carbocycles. The molecule has 2 aromatic carbocycles. The molecule has 2 N–H and O–H groups in total. The van der Waals surface area contributed by atoms with E-state index in [0.29, 0.717) is 19.5 Å². The molecule has 6 heteroatoms. The van der Waals surface area contributed by atoms with Crippen LogP contribution >= 0.6 is 0 Å². The number of nitrogens with one attached hydrogen (secondary N) is 2. The quantitative estimate of drug-likeness (QED) is 0.703. The molecular formula is C26H34N4O2. The first-order valence-corrected chi connectivity index (χ1v) is 11.6. The molecule has 2 fully saturated rings. The second-order valence-corrected chi connectivity index (χ2v) is 9.12. The maximum Gasteiger partial charge on any atom is 0.239 e. The fourth-order valence-electron chi connectivity index (χ4n) is 4.94. The number of amides is 2. The van der Waals surface area contributed by atoms with E-state index in [1.54, 1.807) is 0 Å². The van der Waals surface area contributed by atoms with Gasteiger partial charge in [0.15, 0.2) is 0 Å². The minimum Gasteiger partial charge on any atom is -0.353 e. The fourth-order valence-corrected chi connectivity index (χ4v) is 4.94. The summed E-state index contributed by atoms with van der Waals surface area (Å²) in [6.07, 6.45) is 2.16. The first-order valence-electron chi connectivity index (χ1n) is 11.6. The predicted molar refractivity (Wildman–Crippen MR) is 126 cm³/mol. The summed E-state index contributed by atoms with van der Waals surface area (Å²) in [5.74, 6) is 0.171. The van der Waals surface area contributed by atoms with Crippen LogP contribution in [0.5, 0.6) is 0 Å². The monoisotopic (exact) mass is 434 g/mol. The van der Waals surface area contributed by atoms with Crippen LogP contribution in [-0.2, 0) is 22.7 Å². The highest BCUT2D eigenvalue weighted by Gasteiger charge is 2.44. The third-order valence-electron chi connectivity index (χ3n) is 6.89. The van der Waals surface area contributed by atoms with E-state index in [-0.39, 0.29) is 29.9 Å². The van der Waals surface area contributed by atoms with Crippen LogP contribution in [0.15, 0.2) is 54.6 Å². The zero-order valence-corrected chi connectivity index (χ0v) is 19.1. The van der Waals surface area contributed by atoms with Crippen LogP contribution in [0.1, 0.15) is 36.0 Å². The molecule has 2 amide bonds. The van der Waals surface area contributed by atoms with Crippen molar-refractivity contribution in [2.45, 2.75) is 57.4 Å².